The van der Waals surface area contributed by atoms with Crippen molar-refractivity contribution in [1.29, 1.82) is 0 Å². The van der Waals surface area contributed by atoms with E-state index in [1.54, 1.807) is 21.9 Å². The third-order valence-corrected chi connectivity index (χ3v) is 5.43. The molecule has 2 aliphatic rings. The maximum Gasteiger partial charge on any atom is 0.317 e. The number of piperazine rings is 1. The second kappa shape index (κ2) is 6.44. The molecule has 1 atom stereocenters. The average molecular weight is 360 g/mol. The second-order valence-electron chi connectivity index (χ2n) is 6.18. The predicted octanol–water partition coefficient (Wildman–Crippen LogP) is 1.73. The zero-order chi connectivity index (χ0) is 17.4. The van der Waals surface area contributed by atoms with Gasteiger partial charge in [0.15, 0.2) is 0 Å². The van der Waals surface area contributed by atoms with E-state index in [9.17, 15) is 14.0 Å². The average Bonchev–Trinajstić information content (AvgIpc) is 3.22. The Kier molecular flexibility index (Phi) is 4.12. The van der Waals surface area contributed by atoms with E-state index in [0.29, 0.717) is 26.2 Å². The standard InChI is InChI=1S/C17H17FN4O2S/c18-12-3-1-11(2-4-12)14-10-25-15(20-14)7-16(23)21-5-6-22-13(9-21)8-19-17(22)24/h1-4,10,13H,5-9H2,(H,19,24). The Morgan fingerprint density at radius 3 is 2.92 bits per heavy atom. The number of nitrogens with zero attached hydrogens (tertiary/aromatic N) is 3. The fourth-order valence-electron chi connectivity index (χ4n) is 3.22. The van der Waals surface area contributed by atoms with Gasteiger partial charge in [0.25, 0.3) is 0 Å². The first-order valence-electron chi connectivity index (χ1n) is 8.13. The van der Waals surface area contributed by atoms with Crippen molar-refractivity contribution < 1.29 is 14.0 Å². The predicted molar refractivity (Wildman–Crippen MR) is 91.7 cm³/mol. The van der Waals surface area contributed by atoms with Crippen LogP contribution in [0.4, 0.5) is 9.18 Å². The molecule has 2 saturated heterocycles. The molecule has 1 aromatic heterocycles. The number of nitrogens with one attached hydrogen (secondary N) is 1. The van der Waals surface area contributed by atoms with Gasteiger partial charge in [-0.15, -0.1) is 11.3 Å². The van der Waals surface area contributed by atoms with Gasteiger partial charge < -0.3 is 15.1 Å². The van der Waals surface area contributed by atoms with Crippen LogP contribution in [0.1, 0.15) is 5.01 Å². The van der Waals surface area contributed by atoms with Crippen LogP contribution in [0.3, 0.4) is 0 Å². The molecule has 8 heteroatoms. The largest absolute Gasteiger partial charge is 0.338 e. The first-order valence-corrected chi connectivity index (χ1v) is 9.01. The normalized spacial score (nSPS) is 19.7. The van der Waals surface area contributed by atoms with Gasteiger partial charge >= 0.3 is 6.03 Å². The molecule has 130 valence electrons. The summed E-state index contributed by atoms with van der Waals surface area (Å²) in [6.07, 6.45) is 0.250. The van der Waals surface area contributed by atoms with E-state index in [1.165, 1.54) is 23.5 Å². The SMILES string of the molecule is O=C(Cc1nc(-c2ccc(F)cc2)cs1)N1CCN2C(=O)NCC2C1. The van der Waals surface area contributed by atoms with Crippen LogP contribution in [0.15, 0.2) is 29.6 Å². The Hall–Kier alpha value is -2.48. The zero-order valence-corrected chi connectivity index (χ0v) is 14.3. The molecular formula is C17H17FN4O2S. The number of urea groups is 1. The number of benzene rings is 1. The summed E-state index contributed by atoms with van der Waals surface area (Å²) in [5.41, 5.74) is 1.59. The lowest BCUT2D eigenvalue weighted by Gasteiger charge is -2.36. The van der Waals surface area contributed by atoms with E-state index in [0.717, 1.165) is 16.3 Å². The van der Waals surface area contributed by atoms with Gasteiger partial charge in [0.1, 0.15) is 10.8 Å². The number of amides is 3. The second-order valence-corrected chi connectivity index (χ2v) is 7.13. The lowest BCUT2D eigenvalue weighted by Crippen LogP contribution is -2.54. The molecule has 6 nitrogen and oxygen atoms in total. The molecule has 0 radical (unpaired) electrons. The van der Waals surface area contributed by atoms with Gasteiger partial charge in [0.05, 0.1) is 18.2 Å². The van der Waals surface area contributed by atoms with Crippen LogP contribution in [0.5, 0.6) is 0 Å². The molecule has 0 saturated carbocycles. The van der Waals surface area contributed by atoms with Crippen molar-refractivity contribution in [2.24, 2.45) is 0 Å². The maximum atomic E-state index is 13.0. The number of thiazole rings is 1. The lowest BCUT2D eigenvalue weighted by molar-refractivity contribution is -0.132. The maximum absolute atomic E-state index is 13.0. The molecule has 1 N–H and O–H groups in total. The third-order valence-electron chi connectivity index (χ3n) is 4.58. The van der Waals surface area contributed by atoms with Gasteiger partial charge in [0, 0.05) is 37.1 Å². The van der Waals surface area contributed by atoms with Gasteiger partial charge in [-0.05, 0) is 24.3 Å². The van der Waals surface area contributed by atoms with Crippen LogP contribution in [-0.2, 0) is 11.2 Å². The van der Waals surface area contributed by atoms with Crippen molar-refractivity contribution in [3.05, 3.63) is 40.5 Å². The number of fused-ring (bicyclic) bond motifs is 1. The van der Waals surface area contributed by atoms with Gasteiger partial charge in [-0.25, -0.2) is 14.2 Å². The minimum Gasteiger partial charge on any atom is -0.338 e. The Morgan fingerprint density at radius 2 is 2.12 bits per heavy atom. The Balaban J connectivity index is 1.40. The minimum absolute atomic E-state index is 0.0269. The highest BCUT2D eigenvalue weighted by Crippen LogP contribution is 2.23. The van der Waals surface area contributed by atoms with Crippen LogP contribution < -0.4 is 5.32 Å². The van der Waals surface area contributed by atoms with Crippen LogP contribution in [0, 0.1) is 5.82 Å². The Morgan fingerprint density at radius 1 is 1.32 bits per heavy atom. The van der Waals surface area contributed by atoms with Gasteiger partial charge in [-0.2, -0.15) is 0 Å². The first kappa shape index (κ1) is 16.0. The summed E-state index contributed by atoms with van der Waals surface area (Å²) in [6, 6.07) is 6.18. The lowest BCUT2D eigenvalue weighted by atomic mass is 10.2. The number of aromatic nitrogens is 1. The summed E-state index contributed by atoms with van der Waals surface area (Å²) in [7, 11) is 0. The molecular weight excluding hydrogens is 343 g/mol. The molecule has 0 spiro atoms. The number of halogens is 1. The molecule has 1 unspecified atom stereocenters. The molecule has 3 amide bonds. The smallest absolute Gasteiger partial charge is 0.317 e. The quantitative estimate of drug-likeness (QED) is 0.907. The number of carbonyl (C=O) groups is 2. The third kappa shape index (κ3) is 3.21. The van der Waals surface area contributed by atoms with Gasteiger partial charge in [-0.1, -0.05) is 0 Å². The van der Waals surface area contributed by atoms with Crippen molar-refractivity contribution >= 4 is 23.3 Å². The fourth-order valence-corrected chi connectivity index (χ4v) is 4.01. The van der Waals surface area contributed by atoms with Crippen molar-refractivity contribution in [2.45, 2.75) is 12.5 Å². The molecule has 0 bridgehead atoms. The van der Waals surface area contributed by atoms with Crippen LogP contribution in [0.2, 0.25) is 0 Å². The number of hydrogen-bond acceptors (Lipinski definition) is 4. The van der Waals surface area contributed by atoms with E-state index < -0.39 is 0 Å². The van der Waals surface area contributed by atoms with E-state index in [1.807, 2.05) is 5.38 Å². The van der Waals surface area contributed by atoms with Gasteiger partial charge in [0.2, 0.25) is 5.91 Å². The molecule has 2 aliphatic heterocycles. The van der Waals surface area contributed by atoms with Crippen molar-refractivity contribution in [2.75, 3.05) is 26.2 Å². The first-order chi connectivity index (χ1) is 12.1. The Labute approximate surface area is 148 Å². The topological polar surface area (TPSA) is 65.5 Å². The van der Waals surface area contributed by atoms with E-state index in [-0.39, 0.29) is 30.2 Å². The highest BCUT2D eigenvalue weighted by atomic mass is 32.1. The molecule has 4 rings (SSSR count). The molecule has 0 aliphatic carbocycles. The molecule has 1 aromatic carbocycles. The zero-order valence-electron chi connectivity index (χ0n) is 13.4. The minimum atomic E-state index is -0.284. The molecule has 2 aromatic rings. The molecule has 2 fully saturated rings. The van der Waals surface area contributed by atoms with Crippen molar-refractivity contribution in [3.63, 3.8) is 0 Å². The van der Waals surface area contributed by atoms with Crippen LogP contribution in [-0.4, -0.2) is 58.9 Å². The van der Waals surface area contributed by atoms with E-state index >= 15 is 0 Å². The van der Waals surface area contributed by atoms with Crippen molar-refractivity contribution in [1.82, 2.24) is 20.1 Å². The van der Waals surface area contributed by atoms with E-state index in [2.05, 4.69) is 10.3 Å². The number of carbonyl (C=O) groups excluding carboxylic acids is 2. The summed E-state index contributed by atoms with van der Waals surface area (Å²) >= 11 is 1.43. The molecule has 25 heavy (non-hydrogen) atoms. The highest BCUT2D eigenvalue weighted by molar-refractivity contribution is 7.10. The summed E-state index contributed by atoms with van der Waals surface area (Å²) in [4.78, 5) is 32.3. The Bertz CT molecular complexity index is 807. The highest BCUT2D eigenvalue weighted by Gasteiger charge is 2.36. The van der Waals surface area contributed by atoms with Crippen molar-refractivity contribution in [3.8, 4) is 11.3 Å². The van der Waals surface area contributed by atoms with Gasteiger partial charge in [-0.3, -0.25) is 4.79 Å². The summed E-state index contributed by atoms with van der Waals surface area (Å²) in [6.45, 7) is 2.28. The summed E-state index contributed by atoms with van der Waals surface area (Å²) in [5, 5.41) is 5.43. The monoisotopic (exact) mass is 360 g/mol. The van der Waals surface area contributed by atoms with Crippen LogP contribution >= 0.6 is 11.3 Å². The number of hydrogen-bond donors (Lipinski definition) is 1. The van der Waals surface area contributed by atoms with E-state index in [4.69, 9.17) is 0 Å². The number of rotatable bonds is 3. The summed E-state index contributed by atoms with van der Waals surface area (Å²) in [5.74, 6) is -0.257. The fraction of sp³-hybridized carbons (Fsp3) is 0.353. The van der Waals surface area contributed by atoms with Crippen LogP contribution in [0.25, 0.3) is 11.3 Å². The summed E-state index contributed by atoms with van der Waals surface area (Å²) < 4.78 is 13.0. The molecule has 3 heterocycles.